The maximum Gasteiger partial charge on any atom is 0.257 e. The topological polar surface area (TPSA) is 104 Å². The molecule has 2 aliphatic heterocycles. The first-order valence-electron chi connectivity index (χ1n) is 11.7. The second-order valence-corrected chi connectivity index (χ2v) is 8.69. The molecule has 2 aliphatic rings. The molecule has 0 saturated carbocycles. The van der Waals surface area contributed by atoms with E-state index >= 15 is 0 Å². The van der Waals surface area contributed by atoms with Gasteiger partial charge in [0.1, 0.15) is 5.82 Å². The minimum atomic E-state index is -0.287. The van der Waals surface area contributed by atoms with Crippen LogP contribution in [0.2, 0.25) is 0 Å². The average molecular weight is 441 g/mol. The van der Waals surface area contributed by atoms with E-state index in [1.54, 1.807) is 22.0 Å². The molecule has 2 aromatic heterocycles. The second-order valence-electron chi connectivity index (χ2n) is 8.69. The third-order valence-electron chi connectivity index (χ3n) is 6.32. The quantitative estimate of drug-likeness (QED) is 0.743. The van der Waals surface area contributed by atoms with Gasteiger partial charge in [-0.25, -0.2) is 4.98 Å². The van der Waals surface area contributed by atoms with E-state index in [-0.39, 0.29) is 23.4 Å². The number of aryl methyl sites for hydroxylation is 1. The van der Waals surface area contributed by atoms with Gasteiger partial charge in [0.25, 0.3) is 11.5 Å². The standard InChI is InChI=1S/C23H32N6O3/c1-3-7-20(30)27-12-9-17-18(15-27)25-21(26-22(17)31)19-8-5-6-11-29(19)23(32)16-13-24-28(14-16)10-4-2/h13-14,19H,3-12,15H2,1-2H3,(H,25,26,31). The number of aromatic amines is 1. The molecule has 32 heavy (non-hydrogen) atoms. The number of carbonyl (C=O) groups is 2. The molecule has 1 unspecified atom stereocenters. The monoisotopic (exact) mass is 440 g/mol. The van der Waals surface area contributed by atoms with Crippen molar-refractivity contribution < 1.29 is 9.59 Å². The Morgan fingerprint density at radius 1 is 1.19 bits per heavy atom. The van der Waals surface area contributed by atoms with Crippen LogP contribution < -0.4 is 5.56 Å². The number of nitrogens with zero attached hydrogens (tertiary/aromatic N) is 5. The number of fused-ring (bicyclic) bond motifs is 1. The van der Waals surface area contributed by atoms with Gasteiger partial charge in [0.2, 0.25) is 5.91 Å². The maximum atomic E-state index is 13.3. The predicted octanol–water partition coefficient (Wildman–Crippen LogP) is 2.43. The Hall–Kier alpha value is -2.97. The fourth-order valence-electron chi connectivity index (χ4n) is 4.65. The van der Waals surface area contributed by atoms with Crippen LogP contribution in [0.1, 0.15) is 85.9 Å². The molecule has 1 N–H and O–H groups in total. The van der Waals surface area contributed by atoms with Crippen molar-refractivity contribution in [1.29, 1.82) is 0 Å². The fourth-order valence-corrected chi connectivity index (χ4v) is 4.65. The minimum Gasteiger partial charge on any atom is -0.336 e. The van der Waals surface area contributed by atoms with Gasteiger partial charge in [-0.3, -0.25) is 19.1 Å². The van der Waals surface area contributed by atoms with Gasteiger partial charge in [-0.05, 0) is 38.5 Å². The first kappa shape index (κ1) is 22.2. The Bertz CT molecular complexity index is 1040. The van der Waals surface area contributed by atoms with Crippen molar-refractivity contribution in [3.05, 3.63) is 45.4 Å². The molecule has 1 saturated heterocycles. The summed E-state index contributed by atoms with van der Waals surface area (Å²) >= 11 is 0. The molecule has 1 fully saturated rings. The highest BCUT2D eigenvalue weighted by Crippen LogP contribution is 2.30. The first-order valence-corrected chi connectivity index (χ1v) is 11.7. The summed E-state index contributed by atoms with van der Waals surface area (Å²) in [7, 11) is 0. The molecule has 0 bridgehead atoms. The van der Waals surface area contributed by atoms with Crippen molar-refractivity contribution >= 4 is 11.8 Å². The Morgan fingerprint density at radius 2 is 2.03 bits per heavy atom. The number of rotatable bonds is 6. The number of nitrogens with one attached hydrogen (secondary N) is 1. The van der Waals surface area contributed by atoms with E-state index < -0.39 is 0 Å². The van der Waals surface area contributed by atoms with E-state index in [0.717, 1.165) is 38.6 Å². The molecule has 1 atom stereocenters. The number of likely N-dealkylation sites (tertiary alicyclic amines) is 1. The number of amides is 2. The Morgan fingerprint density at radius 3 is 2.81 bits per heavy atom. The van der Waals surface area contributed by atoms with Crippen LogP contribution in [0.3, 0.4) is 0 Å². The zero-order chi connectivity index (χ0) is 22.7. The fraction of sp³-hybridized carbons (Fsp3) is 0.609. The molecule has 0 aliphatic carbocycles. The summed E-state index contributed by atoms with van der Waals surface area (Å²) in [6.07, 6.45) is 8.78. The van der Waals surface area contributed by atoms with Crippen LogP contribution in [0, 0.1) is 0 Å². The summed E-state index contributed by atoms with van der Waals surface area (Å²) in [5.74, 6) is 0.532. The lowest BCUT2D eigenvalue weighted by molar-refractivity contribution is -0.132. The van der Waals surface area contributed by atoms with Crippen molar-refractivity contribution in [2.45, 2.75) is 77.9 Å². The molecule has 9 heteroatoms. The van der Waals surface area contributed by atoms with Gasteiger partial charge in [0, 0.05) is 37.8 Å². The van der Waals surface area contributed by atoms with Gasteiger partial charge in [-0.1, -0.05) is 13.8 Å². The molecule has 0 radical (unpaired) electrons. The summed E-state index contributed by atoms with van der Waals surface area (Å²) in [6.45, 7) is 6.34. The number of aromatic nitrogens is 4. The van der Waals surface area contributed by atoms with Gasteiger partial charge < -0.3 is 14.8 Å². The molecule has 0 spiro atoms. The van der Waals surface area contributed by atoms with Crippen molar-refractivity contribution in [2.75, 3.05) is 13.1 Å². The number of hydrogen-bond donors (Lipinski definition) is 1. The Balaban J connectivity index is 1.60. The van der Waals surface area contributed by atoms with Gasteiger partial charge in [-0.15, -0.1) is 0 Å². The van der Waals surface area contributed by atoms with Crippen LogP contribution in [-0.2, 0) is 24.3 Å². The highest BCUT2D eigenvalue weighted by atomic mass is 16.2. The smallest absolute Gasteiger partial charge is 0.257 e. The van der Waals surface area contributed by atoms with Gasteiger partial charge >= 0.3 is 0 Å². The Kier molecular flexibility index (Phi) is 6.72. The van der Waals surface area contributed by atoms with Crippen LogP contribution in [0.15, 0.2) is 17.2 Å². The van der Waals surface area contributed by atoms with Gasteiger partial charge in [0.15, 0.2) is 0 Å². The summed E-state index contributed by atoms with van der Waals surface area (Å²) in [4.78, 5) is 49.8. The lowest BCUT2D eigenvalue weighted by atomic mass is 9.99. The van der Waals surface area contributed by atoms with Crippen molar-refractivity contribution in [1.82, 2.24) is 29.5 Å². The zero-order valence-electron chi connectivity index (χ0n) is 19.0. The van der Waals surface area contributed by atoms with Crippen LogP contribution in [0.25, 0.3) is 0 Å². The predicted molar refractivity (Wildman–Crippen MR) is 119 cm³/mol. The highest BCUT2D eigenvalue weighted by molar-refractivity contribution is 5.94. The lowest BCUT2D eigenvalue weighted by Crippen LogP contribution is -2.42. The van der Waals surface area contributed by atoms with Crippen molar-refractivity contribution in [2.24, 2.45) is 0 Å². The van der Waals surface area contributed by atoms with Crippen molar-refractivity contribution in [3.63, 3.8) is 0 Å². The lowest BCUT2D eigenvalue weighted by Gasteiger charge is -2.35. The molecule has 4 heterocycles. The van der Waals surface area contributed by atoms with Gasteiger partial charge in [0.05, 0.1) is 30.0 Å². The van der Waals surface area contributed by atoms with E-state index in [1.807, 2.05) is 11.8 Å². The minimum absolute atomic E-state index is 0.0860. The second kappa shape index (κ2) is 9.67. The molecule has 9 nitrogen and oxygen atoms in total. The third-order valence-corrected chi connectivity index (χ3v) is 6.32. The van der Waals surface area contributed by atoms with E-state index in [0.29, 0.717) is 55.1 Å². The number of H-pyrrole nitrogens is 1. The summed E-state index contributed by atoms with van der Waals surface area (Å²) in [6, 6.07) is -0.287. The number of piperidine rings is 1. The largest absolute Gasteiger partial charge is 0.336 e. The van der Waals surface area contributed by atoms with Gasteiger partial charge in [-0.2, -0.15) is 5.10 Å². The maximum absolute atomic E-state index is 13.3. The van der Waals surface area contributed by atoms with Crippen LogP contribution in [-0.4, -0.2) is 54.5 Å². The molecular formula is C23H32N6O3. The molecule has 4 rings (SSSR count). The Labute approximate surface area is 187 Å². The summed E-state index contributed by atoms with van der Waals surface area (Å²) < 4.78 is 1.78. The molecule has 172 valence electrons. The highest BCUT2D eigenvalue weighted by Gasteiger charge is 2.33. The molecule has 0 aromatic carbocycles. The van der Waals surface area contributed by atoms with Crippen LogP contribution in [0.5, 0.6) is 0 Å². The first-order chi connectivity index (χ1) is 15.5. The van der Waals surface area contributed by atoms with E-state index in [2.05, 4.69) is 17.0 Å². The molecular weight excluding hydrogens is 408 g/mol. The van der Waals surface area contributed by atoms with E-state index in [4.69, 9.17) is 4.98 Å². The number of carbonyl (C=O) groups excluding carboxylic acids is 2. The molecule has 2 aromatic rings. The average Bonchev–Trinajstić information content (AvgIpc) is 3.27. The summed E-state index contributed by atoms with van der Waals surface area (Å²) in [5, 5.41) is 4.29. The summed E-state index contributed by atoms with van der Waals surface area (Å²) in [5.41, 5.74) is 1.72. The van der Waals surface area contributed by atoms with Crippen molar-refractivity contribution in [3.8, 4) is 0 Å². The van der Waals surface area contributed by atoms with Crippen LogP contribution >= 0.6 is 0 Å². The number of hydrogen-bond acceptors (Lipinski definition) is 5. The molecule has 2 amide bonds. The normalized spacial score (nSPS) is 18.5. The van der Waals surface area contributed by atoms with Crippen LogP contribution in [0.4, 0.5) is 0 Å². The van der Waals surface area contributed by atoms with E-state index in [9.17, 15) is 14.4 Å². The van der Waals surface area contributed by atoms with E-state index in [1.165, 1.54) is 0 Å². The SMILES string of the molecule is CCCC(=O)N1CCc2c(nc(C3CCCCN3C(=O)c3cnn(CCC)c3)[nH]c2=O)C1. The third kappa shape index (κ3) is 4.47. The zero-order valence-corrected chi connectivity index (χ0v) is 19.0.